The summed E-state index contributed by atoms with van der Waals surface area (Å²) in [6, 6.07) is 3.64. The molecular formula is C10H10O5. The van der Waals surface area contributed by atoms with Crippen molar-refractivity contribution in [3.8, 4) is 11.5 Å². The van der Waals surface area contributed by atoms with Gasteiger partial charge in [0.25, 0.3) is 0 Å². The molecule has 2 N–H and O–H groups in total. The van der Waals surface area contributed by atoms with Crippen molar-refractivity contribution in [1.29, 1.82) is 0 Å². The maximum Gasteiger partial charge on any atom is 0.303 e. The molecule has 0 saturated carbocycles. The molecule has 0 atom stereocenters. The van der Waals surface area contributed by atoms with Crippen LogP contribution in [0.3, 0.4) is 0 Å². The van der Waals surface area contributed by atoms with E-state index < -0.39 is 11.8 Å². The summed E-state index contributed by atoms with van der Waals surface area (Å²) in [5.41, 5.74) is 0.173. The van der Waals surface area contributed by atoms with Crippen molar-refractivity contribution in [3.05, 3.63) is 23.8 Å². The monoisotopic (exact) mass is 210 g/mol. The predicted molar refractivity (Wildman–Crippen MR) is 50.7 cm³/mol. The van der Waals surface area contributed by atoms with Gasteiger partial charge in [0.2, 0.25) is 0 Å². The Morgan fingerprint density at radius 1 is 1.27 bits per heavy atom. The lowest BCUT2D eigenvalue weighted by atomic mass is 10.1. The molecule has 0 amide bonds. The van der Waals surface area contributed by atoms with Crippen molar-refractivity contribution >= 4 is 11.8 Å². The number of phenolic OH excluding ortho intramolecular Hbond substituents is 2. The SMILES string of the molecule is CC(=O)OCC(=O)c1ccc(O)c(O)c1. The van der Waals surface area contributed by atoms with Gasteiger partial charge in [-0.25, -0.2) is 0 Å². The zero-order chi connectivity index (χ0) is 11.4. The van der Waals surface area contributed by atoms with E-state index in [0.717, 1.165) is 6.07 Å². The molecule has 1 aromatic rings. The van der Waals surface area contributed by atoms with Crippen LogP contribution in [0.25, 0.3) is 0 Å². The maximum atomic E-state index is 11.3. The minimum atomic E-state index is -0.550. The first kappa shape index (κ1) is 11.0. The van der Waals surface area contributed by atoms with Crippen molar-refractivity contribution < 1.29 is 24.5 Å². The molecule has 0 bridgehead atoms. The van der Waals surface area contributed by atoms with Gasteiger partial charge >= 0.3 is 5.97 Å². The van der Waals surface area contributed by atoms with E-state index in [-0.39, 0.29) is 23.7 Å². The van der Waals surface area contributed by atoms with E-state index in [4.69, 9.17) is 10.2 Å². The third-order valence-corrected chi connectivity index (χ3v) is 1.70. The van der Waals surface area contributed by atoms with Gasteiger partial charge in [0, 0.05) is 12.5 Å². The standard InChI is InChI=1S/C10H10O5/c1-6(11)15-5-10(14)7-2-3-8(12)9(13)4-7/h2-4,12-13H,5H2,1H3. The highest BCUT2D eigenvalue weighted by molar-refractivity contribution is 5.98. The summed E-state index contributed by atoms with van der Waals surface area (Å²) in [4.78, 5) is 21.8. The number of benzene rings is 1. The fraction of sp³-hybridized carbons (Fsp3) is 0.200. The molecule has 1 rings (SSSR count). The number of carbonyl (C=O) groups excluding carboxylic acids is 2. The van der Waals surface area contributed by atoms with Gasteiger partial charge in [-0.1, -0.05) is 0 Å². The van der Waals surface area contributed by atoms with Crippen molar-refractivity contribution in [2.24, 2.45) is 0 Å². The van der Waals surface area contributed by atoms with Crippen LogP contribution in [0.15, 0.2) is 18.2 Å². The zero-order valence-electron chi connectivity index (χ0n) is 8.06. The van der Waals surface area contributed by atoms with Crippen LogP contribution in [0.5, 0.6) is 11.5 Å². The summed E-state index contributed by atoms with van der Waals surface area (Å²) in [7, 11) is 0. The van der Waals surface area contributed by atoms with Crippen LogP contribution in [0, 0.1) is 0 Å². The number of Topliss-reactive ketones (excluding diaryl/α,β-unsaturated/α-hetero) is 1. The third-order valence-electron chi connectivity index (χ3n) is 1.70. The lowest BCUT2D eigenvalue weighted by Gasteiger charge is -2.03. The van der Waals surface area contributed by atoms with Crippen LogP contribution in [0.4, 0.5) is 0 Å². The van der Waals surface area contributed by atoms with E-state index in [2.05, 4.69) is 4.74 Å². The molecule has 0 unspecified atom stereocenters. The first-order chi connectivity index (χ1) is 7.00. The molecular weight excluding hydrogens is 200 g/mol. The lowest BCUT2D eigenvalue weighted by molar-refractivity contribution is -0.139. The molecule has 0 spiro atoms. The number of ether oxygens (including phenoxy) is 1. The molecule has 0 aliphatic carbocycles. The summed E-state index contributed by atoms with van der Waals surface area (Å²) >= 11 is 0. The molecule has 0 aromatic heterocycles. The number of esters is 1. The lowest BCUT2D eigenvalue weighted by Crippen LogP contribution is -2.11. The summed E-state index contributed by atoms with van der Waals surface area (Å²) in [6.07, 6.45) is 0. The second-order valence-corrected chi connectivity index (χ2v) is 2.91. The van der Waals surface area contributed by atoms with Gasteiger partial charge in [0.1, 0.15) is 0 Å². The molecule has 0 saturated heterocycles. The normalized spacial score (nSPS) is 9.67. The quantitative estimate of drug-likeness (QED) is 0.439. The Morgan fingerprint density at radius 2 is 1.93 bits per heavy atom. The number of rotatable bonds is 3. The van der Waals surface area contributed by atoms with E-state index >= 15 is 0 Å². The maximum absolute atomic E-state index is 11.3. The Labute approximate surface area is 85.9 Å². The molecule has 80 valence electrons. The Morgan fingerprint density at radius 3 is 2.47 bits per heavy atom. The molecule has 15 heavy (non-hydrogen) atoms. The number of hydrogen-bond acceptors (Lipinski definition) is 5. The molecule has 0 fully saturated rings. The molecule has 1 aromatic carbocycles. The number of hydrogen-bond donors (Lipinski definition) is 2. The van der Waals surface area contributed by atoms with Crippen molar-refractivity contribution in [2.45, 2.75) is 6.92 Å². The molecule has 0 radical (unpaired) electrons. The highest BCUT2D eigenvalue weighted by atomic mass is 16.5. The smallest absolute Gasteiger partial charge is 0.303 e. The highest BCUT2D eigenvalue weighted by Gasteiger charge is 2.10. The van der Waals surface area contributed by atoms with Crippen LogP contribution in [-0.2, 0) is 9.53 Å². The fourth-order valence-corrected chi connectivity index (χ4v) is 0.947. The Kier molecular flexibility index (Phi) is 3.28. The van der Waals surface area contributed by atoms with Crippen LogP contribution in [0.2, 0.25) is 0 Å². The predicted octanol–water partition coefficient (Wildman–Crippen LogP) is 0.844. The number of aromatic hydroxyl groups is 2. The second kappa shape index (κ2) is 4.45. The minimum Gasteiger partial charge on any atom is -0.504 e. The van der Waals surface area contributed by atoms with Gasteiger partial charge in [-0.3, -0.25) is 9.59 Å². The van der Waals surface area contributed by atoms with Gasteiger partial charge < -0.3 is 14.9 Å². The zero-order valence-corrected chi connectivity index (χ0v) is 8.06. The average Bonchev–Trinajstić information content (AvgIpc) is 2.18. The van der Waals surface area contributed by atoms with Gasteiger partial charge in [0.15, 0.2) is 23.9 Å². The molecule has 0 aliphatic rings. The Bertz CT molecular complexity index is 397. The Hall–Kier alpha value is -2.04. The van der Waals surface area contributed by atoms with Gasteiger partial charge in [0.05, 0.1) is 0 Å². The summed E-state index contributed by atoms with van der Waals surface area (Å²) in [5.74, 6) is -1.69. The van der Waals surface area contributed by atoms with Crippen molar-refractivity contribution in [2.75, 3.05) is 6.61 Å². The molecule has 5 nitrogen and oxygen atoms in total. The van der Waals surface area contributed by atoms with Gasteiger partial charge in [-0.15, -0.1) is 0 Å². The molecule has 0 heterocycles. The third kappa shape index (κ3) is 2.98. The van der Waals surface area contributed by atoms with Crippen LogP contribution in [-0.4, -0.2) is 28.6 Å². The fourth-order valence-electron chi connectivity index (χ4n) is 0.947. The molecule has 5 heteroatoms. The van der Waals surface area contributed by atoms with Crippen molar-refractivity contribution in [3.63, 3.8) is 0 Å². The van der Waals surface area contributed by atoms with E-state index in [1.54, 1.807) is 0 Å². The van der Waals surface area contributed by atoms with E-state index in [1.807, 2.05) is 0 Å². The summed E-state index contributed by atoms with van der Waals surface area (Å²) < 4.78 is 4.50. The van der Waals surface area contributed by atoms with Crippen LogP contribution >= 0.6 is 0 Å². The second-order valence-electron chi connectivity index (χ2n) is 2.91. The summed E-state index contributed by atoms with van der Waals surface area (Å²) in [6.45, 7) is 0.821. The first-order valence-electron chi connectivity index (χ1n) is 4.19. The van der Waals surface area contributed by atoms with Crippen LogP contribution in [0.1, 0.15) is 17.3 Å². The first-order valence-corrected chi connectivity index (χ1v) is 4.19. The molecule has 0 aliphatic heterocycles. The topological polar surface area (TPSA) is 83.8 Å². The Balaban J connectivity index is 2.74. The minimum absolute atomic E-state index is 0.173. The largest absolute Gasteiger partial charge is 0.504 e. The summed E-state index contributed by atoms with van der Waals surface area (Å²) in [5, 5.41) is 18.1. The number of carbonyl (C=O) groups is 2. The van der Waals surface area contributed by atoms with E-state index in [9.17, 15) is 9.59 Å². The number of phenols is 2. The van der Waals surface area contributed by atoms with Crippen LogP contribution < -0.4 is 0 Å². The van der Waals surface area contributed by atoms with E-state index in [0.29, 0.717) is 0 Å². The van der Waals surface area contributed by atoms with E-state index in [1.165, 1.54) is 19.1 Å². The van der Waals surface area contributed by atoms with Gasteiger partial charge in [-0.05, 0) is 18.2 Å². The number of ketones is 1. The highest BCUT2D eigenvalue weighted by Crippen LogP contribution is 2.24. The van der Waals surface area contributed by atoms with Gasteiger partial charge in [-0.2, -0.15) is 0 Å². The van der Waals surface area contributed by atoms with Crippen molar-refractivity contribution in [1.82, 2.24) is 0 Å². The average molecular weight is 210 g/mol.